The van der Waals surface area contributed by atoms with Crippen LogP contribution < -0.4 is 5.32 Å². The van der Waals surface area contributed by atoms with E-state index in [1.54, 1.807) is 0 Å². The molecule has 1 heterocycles. The van der Waals surface area contributed by atoms with Gasteiger partial charge in [-0.05, 0) is 12.3 Å². The Labute approximate surface area is 78.9 Å². The Morgan fingerprint density at radius 2 is 1.31 bits per heavy atom. The normalized spacial score (nSPS) is 11.7. The smallest absolute Gasteiger partial charge is 0.0328 e. The van der Waals surface area contributed by atoms with Crippen molar-refractivity contribution in [2.45, 2.75) is 0 Å². The zero-order valence-corrected chi connectivity index (χ0v) is 7.48. The third-order valence-corrected chi connectivity index (χ3v) is 1.36. The second kappa shape index (κ2) is 8.56. The predicted molar refractivity (Wildman–Crippen MR) is 56.3 cm³/mol. The number of rotatable bonds is 0. The van der Waals surface area contributed by atoms with Gasteiger partial charge in [-0.25, -0.2) is 0 Å². The molecule has 70 valence electrons. The maximum absolute atomic E-state index is 3.02. The number of hydrogen-bond donors (Lipinski definition) is 1. The fourth-order valence-electron chi connectivity index (χ4n) is 0.791. The molecule has 0 bridgehead atoms. The van der Waals surface area contributed by atoms with Crippen molar-refractivity contribution in [1.82, 2.24) is 5.32 Å². The quantitative estimate of drug-likeness (QED) is 0.641. The molecule has 0 spiro atoms. The second-order valence-electron chi connectivity index (χ2n) is 2.35. The fourth-order valence-corrected chi connectivity index (χ4v) is 0.791. The molecule has 13 heavy (non-hydrogen) atoms. The summed E-state index contributed by atoms with van der Waals surface area (Å²) in [5.41, 5.74) is 0. The van der Waals surface area contributed by atoms with Gasteiger partial charge in [-0.15, -0.1) is 0 Å². The van der Waals surface area contributed by atoms with E-state index in [4.69, 9.17) is 0 Å². The van der Waals surface area contributed by atoms with Gasteiger partial charge in [-0.2, -0.15) is 0 Å². The topological polar surface area (TPSA) is 43.5 Å². The van der Waals surface area contributed by atoms with Crippen LogP contribution in [0.25, 0.3) is 0 Å². The molecule has 3 N–H and O–H groups in total. The Morgan fingerprint density at radius 3 is 1.46 bits per heavy atom. The summed E-state index contributed by atoms with van der Waals surface area (Å²) in [6.07, 6.45) is 8.00. The third kappa shape index (κ3) is 6.84. The van der Waals surface area contributed by atoms with Gasteiger partial charge < -0.3 is 10.8 Å². The van der Waals surface area contributed by atoms with Crippen molar-refractivity contribution in [3.05, 3.63) is 60.8 Å². The Kier molecular flexibility index (Phi) is 7.54. The van der Waals surface area contributed by atoms with Gasteiger partial charge in [0, 0.05) is 6.54 Å². The Bertz CT molecular complexity index is 203. The fraction of sp³-hybridized carbons (Fsp3) is 0.0909. The van der Waals surface area contributed by atoms with Crippen LogP contribution in [0.1, 0.15) is 0 Å². The molecule has 0 amide bonds. The lowest BCUT2D eigenvalue weighted by molar-refractivity contribution is 0.824. The summed E-state index contributed by atoms with van der Waals surface area (Å²) >= 11 is 0. The highest BCUT2D eigenvalue weighted by Gasteiger charge is 1.73. The van der Waals surface area contributed by atoms with E-state index in [1.807, 2.05) is 54.8 Å². The largest absolute Gasteiger partial charge is 0.412 e. The Hall–Kier alpha value is -1.54. The lowest BCUT2D eigenvalue weighted by atomic mass is 10.4. The standard InChI is InChI=1S/C6H6.C5H7N.H2O/c2*1-2-4-6-5-3-1;/h1-6H;1-4,6H,5H2;1H2. The van der Waals surface area contributed by atoms with E-state index >= 15 is 0 Å². The van der Waals surface area contributed by atoms with Crippen LogP contribution in [-0.2, 0) is 0 Å². The molecule has 2 heteroatoms. The molecule has 1 aromatic carbocycles. The van der Waals surface area contributed by atoms with Crippen molar-refractivity contribution >= 4 is 0 Å². The average Bonchev–Trinajstić information content (AvgIpc) is 2.24. The van der Waals surface area contributed by atoms with Crippen LogP contribution in [0, 0.1) is 0 Å². The first kappa shape index (κ1) is 11.5. The lowest BCUT2D eigenvalue weighted by Gasteiger charge is -1.94. The molecule has 0 fully saturated rings. The van der Waals surface area contributed by atoms with Crippen LogP contribution >= 0.6 is 0 Å². The van der Waals surface area contributed by atoms with Crippen molar-refractivity contribution in [1.29, 1.82) is 0 Å². The minimum atomic E-state index is 0. The van der Waals surface area contributed by atoms with Crippen LogP contribution in [0.2, 0.25) is 0 Å². The molecule has 0 aromatic heterocycles. The maximum atomic E-state index is 3.02. The van der Waals surface area contributed by atoms with E-state index in [-0.39, 0.29) is 5.48 Å². The number of benzene rings is 1. The number of dihydropyridines is 1. The van der Waals surface area contributed by atoms with Crippen LogP contribution in [0.4, 0.5) is 0 Å². The van der Waals surface area contributed by atoms with Crippen LogP contribution in [0.15, 0.2) is 60.8 Å². The van der Waals surface area contributed by atoms with Crippen LogP contribution in [0.5, 0.6) is 0 Å². The third-order valence-electron chi connectivity index (χ3n) is 1.36. The first-order valence-electron chi connectivity index (χ1n) is 4.05. The van der Waals surface area contributed by atoms with Crippen molar-refractivity contribution < 1.29 is 5.48 Å². The molecular formula is C11H15NO. The zero-order chi connectivity index (χ0) is 8.49. The van der Waals surface area contributed by atoms with Gasteiger partial charge in [-0.3, -0.25) is 0 Å². The summed E-state index contributed by atoms with van der Waals surface area (Å²) in [5, 5.41) is 3.02. The van der Waals surface area contributed by atoms with Crippen LogP contribution in [-0.4, -0.2) is 12.0 Å². The Balaban J connectivity index is 0.000000206. The average molecular weight is 177 g/mol. The second-order valence-corrected chi connectivity index (χ2v) is 2.35. The predicted octanol–water partition coefficient (Wildman–Crippen LogP) is 1.52. The molecule has 0 atom stereocenters. The van der Waals surface area contributed by atoms with Gasteiger partial charge in [0.2, 0.25) is 0 Å². The van der Waals surface area contributed by atoms with Gasteiger partial charge in [0.25, 0.3) is 0 Å². The summed E-state index contributed by atoms with van der Waals surface area (Å²) in [6, 6.07) is 12.0. The van der Waals surface area contributed by atoms with Gasteiger partial charge >= 0.3 is 0 Å². The van der Waals surface area contributed by atoms with Gasteiger partial charge in [0.1, 0.15) is 0 Å². The number of hydrogen-bond acceptors (Lipinski definition) is 1. The van der Waals surface area contributed by atoms with Crippen molar-refractivity contribution in [3.8, 4) is 0 Å². The maximum Gasteiger partial charge on any atom is 0.0328 e. The van der Waals surface area contributed by atoms with E-state index in [1.165, 1.54) is 0 Å². The van der Waals surface area contributed by atoms with E-state index < -0.39 is 0 Å². The van der Waals surface area contributed by atoms with Crippen molar-refractivity contribution in [3.63, 3.8) is 0 Å². The minimum Gasteiger partial charge on any atom is -0.412 e. The van der Waals surface area contributed by atoms with E-state index in [0.29, 0.717) is 0 Å². The van der Waals surface area contributed by atoms with Crippen LogP contribution in [0.3, 0.4) is 0 Å². The SMILES string of the molecule is C1=CCNC=C1.O.c1ccccc1. The van der Waals surface area contributed by atoms with E-state index in [0.717, 1.165) is 6.54 Å². The van der Waals surface area contributed by atoms with Gasteiger partial charge in [0.15, 0.2) is 0 Å². The Morgan fingerprint density at radius 1 is 0.769 bits per heavy atom. The molecule has 0 aliphatic carbocycles. The summed E-state index contributed by atoms with van der Waals surface area (Å²) < 4.78 is 0. The van der Waals surface area contributed by atoms with Gasteiger partial charge in [-0.1, -0.05) is 48.6 Å². The summed E-state index contributed by atoms with van der Waals surface area (Å²) in [6.45, 7) is 0.983. The monoisotopic (exact) mass is 177 g/mol. The molecule has 0 radical (unpaired) electrons. The van der Waals surface area contributed by atoms with Crippen molar-refractivity contribution in [2.24, 2.45) is 0 Å². The summed E-state index contributed by atoms with van der Waals surface area (Å²) in [5.74, 6) is 0. The molecule has 1 aliphatic heterocycles. The molecule has 2 rings (SSSR count). The highest BCUT2D eigenvalue weighted by atomic mass is 16.0. The highest BCUT2D eigenvalue weighted by Crippen LogP contribution is 1.80. The number of nitrogens with one attached hydrogen (secondary N) is 1. The van der Waals surface area contributed by atoms with Crippen molar-refractivity contribution in [2.75, 3.05) is 6.54 Å². The molecule has 1 aliphatic rings. The summed E-state index contributed by atoms with van der Waals surface area (Å²) in [4.78, 5) is 0. The zero-order valence-electron chi connectivity index (χ0n) is 7.48. The lowest BCUT2D eigenvalue weighted by Crippen LogP contribution is -2.05. The van der Waals surface area contributed by atoms with Gasteiger partial charge in [0.05, 0.1) is 0 Å². The summed E-state index contributed by atoms with van der Waals surface area (Å²) in [7, 11) is 0. The first-order valence-corrected chi connectivity index (χ1v) is 4.05. The molecule has 1 aromatic rings. The first-order chi connectivity index (χ1) is 6.00. The molecule has 0 unspecified atom stereocenters. The molecule has 2 nitrogen and oxygen atoms in total. The van der Waals surface area contributed by atoms with E-state index in [2.05, 4.69) is 11.4 Å². The highest BCUT2D eigenvalue weighted by molar-refractivity contribution is 5.06. The molecule has 0 saturated heterocycles. The molecular weight excluding hydrogens is 162 g/mol. The minimum absolute atomic E-state index is 0. The number of allylic oxidation sites excluding steroid dienone is 2. The molecule has 0 saturated carbocycles. The van der Waals surface area contributed by atoms with E-state index in [9.17, 15) is 0 Å².